The van der Waals surface area contributed by atoms with Gasteiger partial charge in [0.2, 0.25) is 11.8 Å². The maximum Gasteiger partial charge on any atom is 0.277 e. The van der Waals surface area contributed by atoms with Crippen molar-refractivity contribution in [2.24, 2.45) is 0 Å². The molecule has 1 amide bonds. The number of amides is 1. The average Bonchev–Trinajstić information content (AvgIpc) is 3.16. The summed E-state index contributed by atoms with van der Waals surface area (Å²) in [5, 5.41) is 18.2. The first kappa shape index (κ1) is 19.4. The van der Waals surface area contributed by atoms with E-state index in [0.717, 1.165) is 11.1 Å². The molecule has 3 aromatic rings. The van der Waals surface area contributed by atoms with Crippen LogP contribution in [-0.2, 0) is 11.3 Å². The second kappa shape index (κ2) is 9.55. The Bertz CT molecular complexity index is 871. The molecule has 6 nitrogen and oxygen atoms in total. The van der Waals surface area contributed by atoms with Gasteiger partial charge in [-0.3, -0.25) is 4.79 Å². The molecule has 0 saturated carbocycles. The largest absolute Gasteiger partial charge is 0.411 e. The summed E-state index contributed by atoms with van der Waals surface area (Å²) < 4.78 is 5.60. The lowest BCUT2D eigenvalue weighted by atomic mass is 10.2. The Morgan fingerprint density at radius 3 is 2.56 bits per heavy atom. The van der Waals surface area contributed by atoms with Gasteiger partial charge in [-0.15, -0.1) is 10.2 Å². The van der Waals surface area contributed by atoms with Crippen LogP contribution in [0.15, 0.2) is 64.2 Å². The van der Waals surface area contributed by atoms with Crippen molar-refractivity contribution in [3.63, 3.8) is 0 Å². The number of halogens is 1. The van der Waals surface area contributed by atoms with Crippen LogP contribution in [-0.4, -0.2) is 45.0 Å². The van der Waals surface area contributed by atoms with E-state index in [4.69, 9.17) is 16.0 Å². The topological polar surface area (TPSA) is 79.5 Å². The van der Waals surface area contributed by atoms with E-state index in [1.54, 1.807) is 29.2 Å². The van der Waals surface area contributed by atoms with E-state index < -0.39 is 0 Å². The number of benzene rings is 2. The van der Waals surface area contributed by atoms with Gasteiger partial charge in [-0.1, -0.05) is 53.7 Å². The van der Waals surface area contributed by atoms with Crippen LogP contribution in [0.2, 0.25) is 5.02 Å². The molecule has 0 aliphatic rings. The summed E-state index contributed by atoms with van der Waals surface area (Å²) in [6.07, 6.45) is 0. The quantitative estimate of drug-likeness (QED) is 0.580. The maximum atomic E-state index is 12.5. The Hall–Kier alpha value is -2.35. The summed E-state index contributed by atoms with van der Waals surface area (Å²) in [6, 6.07) is 16.7. The number of aromatic nitrogens is 2. The molecule has 0 aliphatic heterocycles. The predicted molar refractivity (Wildman–Crippen MR) is 104 cm³/mol. The molecular weight excluding hydrogens is 386 g/mol. The summed E-state index contributed by atoms with van der Waals surface area (Å²) in [5.74, 6) is 0.414. The number of carbonyl (C=O) groups excluding carboxylic acids is 1. The van der Waals surface area contributed by atoms with Gasteiger partial charge >= 0.3 is 0 Å². The molecule has 0 spiro atoms. The summed E-state index contributed by atoms with van der Waals surface area (Å²) >= 11 is 7.04. The molecule has 8 heteroatoms. The predicted octanol–water partition coefficient (Wildman–Crippen LogP) is 3.50. The fourth-order valence-corrected chi connectivity index (χ4v) is 3.20. The van der Waals surface area contributed by atoms with Crippen LogP contribution in [0, 0.1) is 0 Å². The lowest BCUT2D eigenvalue weighted by Gasteiger charge is -2.21. The minimum Gasteiger partial charge on any atom is -0.411 e. The molecule has 27 heavy (non-hydrogen) atoms. The Labute approximate surface area is 166 Å². The molecule has 3 rings (SSSR count). The number of thioether (sulfide) groups is 1. The molecule has 2 aromatic carbocycles. The van der Waals surface area contributed by atoms with Crippen LogP contribution in [0.4, 0.5) is 0 Å². The van der Waals surface area contributed by atoms with Gasteiger partial charge in [-0.2, -0.15) is 0 Å². The Kier molecular flexibility index (Phi) is 6.86. The van der Waals surface area contributed by atoms with E-state index >= 15 is 0 Å². The van der Waals surface area contributed by atoms with Gasteiger partial charge in [0.05, 0.1) is 12.4 Å². The fourth-order valence-electron chi connectivity index (χ4n) is 2.41. The van der Waals surface area contributed by atoms with Crippen LogP contribution in [0.5, 0.6) is 0 Å². The first-order valence-corrected chi connectivity index (χ1v) is 9.67. The summed E-state index contributed by atoms with van der Waals surface area (Å²) in [7, 11) is 0. The van der Waals surface area contributed by atoms with Crippen molar-refractivity contribution in [3.05, 3.63) is 65.2 Å². The van der Waals surface area contributed by atoms with Gasteiger partial charge in [-0.25, -0.2) is 0 Å². The average molecular weight is 404 g/mol. The van der Waals surface area contributed by atoms with Gasteiger partial charge in [0.15, 0.2) is 0 Å². The molecule has 0 unspecified atom stereocenters. The molecule has 0 radical (unpaired) electrons. The highest BCUT2D eigenvalue weighted by molar-refractivity contribution is 7.99. The molecule has 0 atom stereocenters. The van der Waals surface area contributed by atoms with Crippen molar-refractivity contribution < 1.29 is 14.3 Å². The molecule has 0 aliphatic carbocycles. The molecule has 1 heterocycles. The van der Waals surface area contributed by atoms with Crippen molar-refractivity contribution in [3.8, 4) is 11.5 Å². The summed E-state index contributed by atoms with van der Waals surface area (Å²) in [6.45, 7) is 0.624. The Morgan fingerprint density at radius 1 is 1.11 bits per heavy atom. The first-order valence-electron chi connectivity index (χ1n) is 8.30. The van der Waals surface area contributed by atoms with Crippen LogP contribution in [0.3, 0.4) is 0 Å². The van der Waals surface area contributed by atoms with E-state index in [1.165, 1.54) is 11.8 Å². The number of rotatable bonds is 8. The number of carbonyl (C=O) groups is 1. The van der Waals surface area contributed by atoms with Gasteiger partial charge < -0.3 is 14.4 Å². The highest BCUT2D eigenvalue weighted by atomic mass is 35.5. The monoisotopic (exact) mass is 403 g/mol. The second-order valence-corrected chi connectivity index (χ2v) is 7.06. The van der Waals surface area contributed by atoms with Crippen LogP contribution >= 0.6 is 23.4 Å². The van der Waals surface area contributed by atoms with Crippen LogP contribution < -0.4 is 0 Å². The zero-order valence-corrected chi connectivity index (χ0v) is 16.0. The normalized spacial score (nSPS) is 10.7. The van der Waals surface area contributed by atoms with Crippen molar-refractivity contribution in [1.29, 1.82) is 0 Å². The third kappa shape index (κ3) is 5.56. The smallest absolute Gasteiger partial charge is 0.277 e. The highest BCUT2D eigenvalue weighted by Crippen LogP contribution is 2.24. The SMILES string of the molecule is O=C(CSc1nnc(-c2ccc(Cl)cc2)o1)N(CCO)Cc1ccccc1. The number of hydrogen-bond donors (Lipinski definition) is 1. The number of hydrogen-bond acceptors (Lipinski definition) is 6. The van der Waals surface area contributed by atoms with Crippen molar-refractivity contribution >= 4 is 29.3 Å². The molecular formula is C19H18ClN3O3S. The zero-order valence-electron chi connectivity index (χ0n) is 14.4. The first-order chi connectivity index (χ1) is 13.2. The minimum atomic E-state index is -0.107. The zero-order chi connectivity index (χ0) is 19.1. The van der Waals surface area contributed by atoms with Gasteiger partial charge in [-0.05, 0) is 29.8 Å². The summed E-state index contributed by atoms with van der Waals surface area (Å²) in [4.78, 5) is 14.1. The minimum absolute atomic E-state index is 0.0927. The maximum absolute atomic E-state index is 12.5. The molecule has 140 valence electrons. The molecule has 0 saturated heterocycles. The van der Waals surface area contributed by atoms with E-state index in [1.807, 2.05) is 30.3 Å². The second-order valence-electron chi connectivity index (χ2n) is 5.69. The van der Waals surface area contributed by atoms with Gasteiger partial charge in [0, 0.05) is 23.7 Å². The van der Waals surface area contributed by atoms with E-state index in [9.17, 15) is 9.90 Å². The van der Waals surface area contributed by atoms with E-state index in [2.05, 4.69) is 10.2 Å². The molecule has 1 N–H and O–H groups in total. The van der Waals surface area contributed by atoms with E-state index in [0.29, 0.717) is 22.7 Å². The van der Waals surface area contributed by atoms with Crippen molar-refractivity contribution in [2.45, 2.75) is 11.8 Å². The lowest BCUT2D eigenvalue weighted by Crippen LogP contribution is -2.34. The van der Waals surface area contributed by atoms with Crippen LogP contribution in [0.25, 0.3) is 11.5 Å². The van der Waals surface area contributed by atoms with Gasteiger partial charge in [0.1, 0.15) is 0 Å². The highest BCUT2D eigenvalue weighted by Gasteiger charge is 2.16. The molecule has 1 aromatic heterocycles. The van der Waals surface area contributed by atoms with Crippen molar-refractivity contribution in [2.75, 3.05) is 18.9 Å². The Morgan fingerprint density at radius 2 is 1.85 bits per heavy atom. The number of nitrogens with zero attached hydrogens (tertiary/aromatic N) is 3. The number of aliphatic hydroxyl groups is 1. The standard InChI is InChI=1S/C19H18ClN3O3S/c20-16-8-6-15(7-9-16)18-21-22-19(26-18)27-13-17(25)23(10-11-24)12-14-4-2-1-3-5-14/h1-9,24H,10-13H2. The fraction of sp³-hybridized carbons (Fsp3) is 0.211. The van der Waals surface area contributed by atoms with E-state index in [-0.39, 0.29) is 24.8 Å². The molecule has 0 fully saturated rings. The van der Waals surface area contributed by atoms with Crippen molar-refractivity contribution in [1.82, 2.24) is 15.1 Å². The Balaban J connectivity index is 1.59. The number of aliphatic hydroxyl groups excluding tert-OH is 1. The van der Waals surface area contributed by atoms with Crippen LogP contribution in [0.1, 0.15) is 5.56 Å². The third-order valence-corrected chi connectivity index (χ3v) is 4.81. The molecule has 0 bridgehead atoms. The van der Waals surface area contributed by atoms with Gasteiger partial charge in [0.25, 0.3) is 5.22 Å². The summed E-state index contributed by atoms with van der Waals surface area (Å²) in [5.41, 5.74) is 1.77. The third-order valence-electron chi connectivity index (χ3n) is 3.76. The lowest BCUT2D eigenvalue weighted by molar-refractivity contribution is -0.129.